The van der Waals surface area contributed by atoms with Gasteiger partial charge in [0.25, 0.3) is 0 Å². The summed E-state index contributed by atoms with van der Waals surface area (Å²) < 4.78 is 11.2. The third-order valence-corrected chi connectivity index (χ3v) is 4.27. The van der Waals surface area contributed by atoms with Gasteiger partial charge in [-0.15, -0.1) is 0 Å². The maximum Gasteiger partial charge on any atom is 0.344 e. The first-order valence-corrected chi connectivity index (χ1v) is 8.43. The van der Waals surface area contributed by atoms with Crippen LogP contribution < -0.4 is 10.4 Å². The lowest BCUT2D eigenvalue weighted by atomic mass is 10.00. The van der Waals surface area contributed by atoms with E-state index in [1.807, 2.05) is 51.1 Å². The molecule has 1 aromatic heterocycles. The molecule has 3 rings (SSSR count). The molecule has 0 radical (unpaired) electrons. The van der Waals surface area contributed by atoms with E-state index in [1.165, 1.54) is 5.57 Å². The van der Waals surface area contributed by atoms with Gasteiger partial charge in [-0.2, -0.15) is 0 Å². The number of benzene rings is 2. The van der Waals surface area contributed by atoms with Crippen molar-refractivity contribution in [2.45, 2.75) is 20.8 Å². The van der Waals surface area contributed by atoms with E-state index in [2.05, 4.69) is 0 Å². The molecule has 3 aromatic rings. The summed E-state index contributed by atoms with van der Waals surface area (Å²) >= 11 is 5.93. The zero-order valence-electron chi connectivity index (χ0n) is 14.4. The van der Waals surface area contributed by atoms with Crippen LogP contribution in [-0.4, -0.2) is 6.61 Å². The molecule has 0 atom stereocenters. The molecule has 0 fully saturated rings. The first kappa shape index (κ1) is 17.3. The molecule has 128 valence electrons. The number of aryl methyl sites for hydroxylation is 1. The minimum absolute atomic E-state index is 0.367. The number of rotatable bonds is 4. The normalized spacial score (nSPS) is 10.7. The van der Waals surface area contributed by atoms with Crippen LogP contribution in [0.15, 0.2) is 63.3 Å². The van der Waals surface area contributed by atoms with Crippen LogP contribution in [0.1, 0.15) is 19.4 Å². The second kappa shape index (κ2) is 7.16. The predicted molar refractivity (Wildman–Crippen MR) is 103 cm³/mol. The Labute approximate surface area is 151 Å². The molecule has 2 aromatic carbocycles. The van der Waals surface area contributed by atoms with Gasteiger partial charge in [0.1, 0.15) is 17.9 Å². The number of fused-ring (bicyclic) bond motifs is 1. The first-order valence-electron chi connectivity index (χ1n) is 8.05. The zero-order valence-corrected chi connectivity index (χ0v) is 15.2. The van der Waals surface area contributed by atoms with Crippen LogP contribution in [0.25, 0.3) is 22.1 Å². The van der Waals surface area contributed by atoms with Crippen molar-refractivity contribution in [3.8, 4) is 16.9 Å². The SMILES string of the molecule is CC(C)=CCOc1ccc2c(C)c(-c3ccc(Cl)cc3)c(=O)oc2c1. The van der Waals surface area contributed by atoms with Gasteiger partial charge in [-0.05, 0) is 62.2 Å². The fourth-order valence-corrected chi connectivity index (χ4v) is 2.81. The van der Waals surface area contributed by atoms with Crippen molar-refractivity contribution in [2.75, 3.05) is 6.61 Å². The van der Waals surface area contributed by atoms with Crippen LogP contribution in [0.4, 0.5) is 0 Å². The first-order chi connectivity index (χ1) is 12.0. The highest BCUT2D eigenvalue weighted by molar-refractivity contribution is 6.30. The molecule has 0 bridgehead atoms. The van der Waals surface area contributed by atoms with Crippen LogP contribution >= 0.6 is 11.6 Å². The van der Waals surface area contributed by atoms with Crippen LogP contribution in [0.5, 0.6) is 5.75 Å². The molecule has 0 saturated heterocycles. The lowest BCUT2D eigenvalue weighted by Gasteiger charge is -2.10. The van der Waals surface area contributed by atoms with Crippen molar-refractivity contribution >= 4 is 22.6 Å². The smallest absolute Gasteiger partial charge is 0.344 e. The Morgan fingerprint density at radius 2 is 1.88 bits per heavy atom. The molecule has 0 saturated carbocycles. The summed E-state index contributed by atoms with van der Waals surface area (Å²) in [4.78, 5) is 12.5. The van der Waals surface area contributed by atoms with Crippen molar-refractivity contribution in [1.29, 1.82) is 0 Å². The monoisotopic (exact) mass is 354 g/mol. The summed E-state index contributed by atoms with van der Waals surface area (Å²) in [5.74, 6) is 0.673. The standard InChI is InChI=1S/C21H19ClO3/c1-13(2)10-11-24-17-8-9-18-14(3)20(21(23)25-19(18)12-17)15-4-6-16(22)7-5-15/h4-10,12H,11H2,1-3H3. The lowest BCUT2D eigenvalue weighted by Crippen LogP contribution is -2.06. The third kappa shape index (κ3) is 3.77. The Bertz CT molecular complexity index is 994. The number of hydrogen-bond donors (Lipinski definition) is 0. The van der Waals surface area contributed by atoms with Gasteiger partial charge >= 0.3 is 5.63 Å². The fourth-order valence-electron chi connectivity index (χ4n) is 2.68. The Balaban J connectivity index is 2.04. The molecule has 1 heterocycles. The zero-order chi connectivity index (χ0) is 18.0. The Morgan fingerprint density at radius 3 is 2.56 bits per heavy atom. The number of hydrogen-bond acceptors (Lipinski definition) is 3. The molecule has 0 amide bonds. The Kier molecular flexibility index (Phi) is 4.95. The Hall–Kier alpha value is -2.52. The van der Waals surface area contributed by atoms with Crippen molar-refractivity contribution in [3.05, 3.63) is 75.1 Å². The van der Waals surface area contributed by atoms with Crippen molar-refractivity contribution in [1.82, 2.24) is 0 Å². The van der Waals surface area contributed by atoms with Gasteiger partial charge in [0.15, 0.2) is 0 Å². The van der Waals surface area contributed by atoms with Gasteiger partial charge in [-0.3, -0.25) is 0 Å². The largest absolute Gasteiger partial charge is 0.489 e. The molecule has 0 unspecified atom stereocenters. The predicted octanol–water partition coefficient (Wildman–Crippen LogP) is 5.77. The van der Waals surface area contributed by atoms with Crippen molar-refractivity contribution in [2.24, 2.45) is 0 Å². The molecule has 25 heavy (non-hydrogen) atoms. The highest BCUT2D eigenvalue weighted by atomic mass is 35.5. The molecule has 0 N–H and O–H groups in total. The summed E-state index contributed by atoms with van der Waals surface area (Å²) in [7, 11) is 0. The van der Waals surface area contributed by atoms with E-state index >= 15 is 0 Å². The average molecular weight is 355 g/mol. The number of halogens is 1. The second-order valence-electron chi connectivity index (χ2n) is 6.15. The molecule has 4 heteroatoms. The maximum absolute atomic E-state index is 12.5. The van der Waals surface area contributed by atoms with Gasteiger partial charge in [-0.25, -0.2) is 4.79 Å². The molecule has 0 aliphatic carbocycles. The number of ether oxygens (including phenoxy) is 1. The van der Waals surface area contributed by atoms with Crippen LogP contribution in [0, 0.1) is 6.92 Å². The van der Waals surface area contributed by atoms with Crippen LogP contribution in [0.3, 0.4) is 0 Å². The van der Waals surface area contributed by atoms with Crippen molar-refractivity contribution < 1.29 is 9.15 Å². The number of allylic oxidation sites excluding steroid dienone is 1. The highest BCUT2D eigenvalue weighted by Crippen LogP contribution is 2.29. The molecule has 3 nitrogen and oxygen atoms in total. The quantitative estimate of drug-likeness (QED) is 0.441. The van der Waals surface area contributed by atoms with Gasteiger partial charge in [0, 0.05) is 16.5 Å². The minimum atomic E-state index is -0.367. The van der Waals surface area contributed by atoms with E-state index in [9.17, 15) is 4.79 Å². The van der Waals surface area contributed by atoms with Gasteiger partial charge < -0.3 is 9.15 Å². The lowest BCUT2D eigenvalue weighted by molar-refractivity contribution is 0.361. The van der Waals surface area contributed by atoms with Gasteiger partial charge in [-0.1, -0.05) is 29.3 Å². The Morgan fingerprint density at radius 1 is 1.16 bits per heavy atom. The molecular formula is C21H19ClO3. The van der Waals surface area contributed by atoms with E-state index in [0.29, 0.717) is 28.5 Å². The minimum Gasteiger partial charge on any atom is -0.489 e. The summed E-state index contributed by atoms with van der Waals surface area (Å²) in [5, 5.41) is 1.52. The van der Waals surface area contributed by atoms with E-state index in [4.69, 9.17) is 20.8 Å². The fraction of sp³-hybridized carbons (Fsp3) is 0.190. The van der Waals surface area contributed by atoms with Crippen molar-refractivity contribution in [3.63, 3.8) is 0 Å². The van der Waals surface area contributed by atoms with E-state index in [1.54, 1.807) is 18.2 Å². The summed E-state index contributed by atoms with van der Waals surface area (Å²) in [6.45, 7) is 6.45. The average Bonchev–Trinajstić information content (AvgIpc) is 2.56. The summed E-state index contributed by atoms with van der Waals surface area (Å²) in [5.41, 5.74) is 3.58. The molecule has 0 spiro atoms. The highest BCUT2D eigenvalue weighted by Gasteiger charge is 2.14. The molecular weight excluding hydrogens is 336 g/mol. The molecule has 0 aliphatic heterocycles. The van der Waals surface area contributed by atoms with E-state index < -0.39 is 0 Å². The summed E-state index contributed by atoms with van der Waals surface area (Å²) in [6.07, 6.45) is 2.00. The van der Waals surface area contributed by atoms with Gasteiger partial charge in [0.2, 0.25) is 0 Å². The van der Waals surface area contributed by atoms with E-state index in [-0.39, 0.29) is 5.63 Å². The second-order valence-corrected chi connectivity index (χ2v) is 6.58. The van der Waals surface area contributed by atoms with Crippen LogP contribution in [-0.2, 0) is 0 Å². The van der Waals surface area contributed by atoms with Crippen LogP contribution in [0.2, 0.25) is 5.02 Å². The van der Waals surface area contributed by atoms with Gasteiger partial charge in [0.05, 0.1) is 5.56 Å². The topological polar surface area (TPSA) is 39.4 Å². The molecule has 0 aliphatic rings. The maximum atomic E-state index is 12.5. The van der Waals surface area contributed by atoms with E-state index in [0.717, 1.165) is 16.5 Å². The summed E-state index contributed by atoms with van der Waals surface area (Å²) in [6, 6.07) is 12.7. The third-order valence-electron chi connectivity index (χ3n) is 4.01.